The highest BCUT2D eigenvalue weighted by Gasteiger charge is 2.27. The van der Waals surface area contributed by atoms with Crippen LogP contribution in [-0.2, 0) is 31.2 Å². The lowest BCUT2D eigenvalue weighted by atomic mass is 10.1. The Morgan fingerprint density at radius 2 is 2.08 bits per heavy atom. The van der Waals surface area contributed by atoms with Crippen molar-refractivity contribution in [3.63, 3.8) is 0 Å². The van der Waals surface area contributed by atoms with Crippen molar-refractivity contribution in [1.29, 1.82) is 0 Å². The van der Waals surface area contributed by atoms with Crippen LogP contribution in [0.2, 0.25) is 0 Å². The van der Waals surface area contributed by atoms with E-state index in [2.05, 4.69) is 36.4 Å². The Hall–Kier alpha value is -1.99. The quantitative estimate of drug-likeness (QED) is 0.804. The summed E-state index contributed by atoms with van der Waals surface area (Å²) >= 11 is 0. The van der Waals surface area contributed by atoms with E-state index in [0.29, 0.717) is 5.92 Å². The Balaban J connectivity index is 1.47. The maximum Gasteiger partial charge on any atom is 0.135 e. The predicted molar refractivity (Wildman–Crippen MR) is 100 cm³/mol. The molecule has 0 aliphatic carbocycles. The predicted octanol–water partition coefficient (Wildman–Crippen LogP) is 1.28. The number of methoxy groups -OCH3 is 1. The van der Waals surface area contributed by atoms with Gasteiger partial charge in [0.15, 0.2) is 0 Å². The van der Waals surface area contributed by atoms with Crippen molar-refractivity contribution in [3.05, 3.63) is 35.8 Å². The van der Waals surface area contributed by atoms with Gasteiger partial charge in [-0.3, -0.25) is 4.90 Å². The average Bonchev–Trinajstić information content (AvgIpc) is 3.21. The lowest BCUT2D eigenvalue weighted by Crippen LogP contribution is -2.27. The number of nitrogens with zero attached hydrogens (tertiary/aromatic N) is 6. The van der Waals surface area contributed by atoms with Crippen LogP contribution >= 0.6 is 0 Å². The summed E-state index contributed by atoms with van der Waals surface area (Å²) in [6.45, 7) is 5.94. The largest absolute Gasteiger partial charge is 0.384 e. The topological polar surface area (TPSA) is 59.3 Å². The highest BCUT2D eigenvalue weighted by atomic mass is 16.5. The summed E-state index contributed by atoms with van der Waals surface area (Å²) in [5.74, 6) is 1.76. The fourth-order valence-corrected chi connectivity index (χ4v) is 4.15. The highest BCUT2D eigenvalue weighted by molar-refractivity contribution is 5.50. The third-order valence-electron chi connectivity index (χ3n) is 5.64. The van der Waals surface area contributed by atoms with Gasteiger partial charge in [-0.25, -0.2) is 15.0 Å². The zero-order valence-corrected chi connectivity index (χ0v) is 15.8. The van der Waals surface area contributed by atoms with E-state index in [0.717, 1.165) is 58.0 Å². The summed E-state index contributed by atoms with van der Waals surface area (Å²) in [6.07, 6.45) is 8.75. The van der Waals surface area contributed by atoms with Crippen molar-refractivity contribution in [2.75, 3.05) is 44.8 Å². The average molecular weight is 356 g/mol. The minimum absolute atomic E-state index is 0.609. The van der Waals surface area contributed by atoms with Crippen LogP contribution in [0.25, 0.3) is 0 Å². The van der Waals surface area contributed by atoms with Gasteiger partial charge in [-0.1, -0.05) is 0 Å². The van der Waals surface area contributed by atoms with Gasteiger partial charge in [0, 0.05) is 71.0 Å². The fourth-order valence-electron chi connectivity index (χ4n) is 4.15. The van der Waals surface area contributed by atoms with Crippen molar-refractivity contribution in [1.82, 2.24) is 24.4 Å². The smallest absolute Gasteiger partial charge is 0.135 e. The van der Waals surface area contributed by atoms with E-state index in [1.54, 1.807) is 13.4 Å². The first kappa shape index (κ1) is 17.4. The third-order valence-corrected chi connectivity index (χ3v) is 5.64. The van der Waals surface area contributed by atoms with Crippen LogP contribution in [-0.4, -0.2) is 64.3 Å². The summed E-state index contributed by atoms with van der Waals surface area (Å²) in [4.78, 5) is 18.4. The number of aromatic nitrogens is 4. The van der Waals surface area contributed by atoms with Crippen molar-refractivity contribution in [2.24, 2.45) is 13.0 Å². The Kier molecular flexibility index (Phi) is 5.17. The minimum atomic E-state index is 0.609. The third kappa shape index (κ3) is 3.59. The van der Waals surface area contributed by atoms with Crippen LogP contribution in [0.15, 0.2) is 18.9 Å². The summed E-state index contributed by atoms with van der Waals surface area (Å²) in [7, 11) is 3.85. The molecule has 7 heteroatoms. The second-order valence-electron chi connectivity index (χ2n) is 7.45. The maximum atomic E-state index is 5.34. The number of rotatable bonds is 5. The van der Waals surface area contributed by atoms with E-state index in [-0.39, 0.29) is 0 Å². The van der Waals surface area contributed by atoms with E-state index >= 15 is 0 Å². The number of anilines is 1. The van der Waals surface area contributed by atoms with Gasteiger partial charge in [-0.2, -0.15) is 0 Å². The number of imidazole rings is 1. The van der Waals surface area contributed by atoms with Crippen LogP contribution in [0, 0.1) is 5.92 Å². The van der Waals surface area contributed by atoms with Crippen molar-refractivity contribution < 1.29 is 4.74 Å². The van der Waals surface area contributed by atoms with Gasteiger partial charge in [-0.05, 0) is 12.8 Å². The van der Waals surface area contributed by atoms with Crippen molar-refractivity contribution in [3.8, 4) is 0 Å². The fraction of sp³-hybridized carbons (Fsp3) is 0.632. The molecule has 2 aromatic rings. The molecule has 1 fully saturated rings. The van der Waals surface area contributed by atoms with E-state index in [1.807, 2.05) is 12.5 Å². The highest BCUT2D eigenvalue weighted by Crippen LogP contribution is 2.28. The molecule has 4 rings (SSSR count). The van der Waals surface area contributed by atoms with Crippen molar-refractivity contribution >= 4 is 5.82 Å². The normalized spacial score (nSPS) is 21.0. The molecule has 2 aliphatic rings. The Bertz CT molecular complexity index is 745. The molecular weight excluding hydrogens is 328 g/mol. The Labute approximate surface area is 155 Å². The molecule has 0 aromatic carbocycles. The van der Waals surface area contributed by atoms with Gasteiger partial charge in [0.05, 0.1) is 24.3 Å². The first-order chi connectivity index (χ1) is 12.7. The Morgan fingerprint density at radius 3 is 2.88 bits per heavy atom. The van der Waals surface area contributed by atoms with E-state index in [4.69, 9.17) is 4.74 Å². The zero-order chi connectivity index (χ0) is 17.9. The minimum Gasteiger partial charge on any atom is -0.384 e. The molecule has 0 radical (unpaired) electrons. The zero-order valence-electron chi connectivity index (χ0n) is 15.8. The molecule has 2 aromatic heterocycles. The summed E-state index contributed by atoms with van der Waals surface area (Å²) in [5.41, 5.74) is 3.82. The van der Waals surface area contributed by atoms with E-state index < -0.39 is 0 Å². The molecule has 4 heterocycles. The summed E-state index contributed by atoms with van der Waals surface area (Å²) in [5, 5.41) is 0. The maximum absolute atomic E-state index is 5.34. The van der Waals surface area contributed by atoms with Crippen LogP contribution in [0.1, 0.15) is 23.4 Å². The van der Waals surface area contributed by atoms with Crippen LogP contribution < -0.4 is 4.90 Å². The molecule has 0 N–H and O–H groups in total. The molecule has 1 atom stereocenters. The number of ether oxygens (including phenoxy) is 1. The van der Waals surface area contributed by atoms with E-state index in [9.17, 15) is 0 Å². The van der Waals surface area contributed by atoms with Gasteiger partial charge in [-0.15, -0.1) is 0 Å². The van der Waals surface area contributed by atoms with Gasteiger partial charge in [0.25, 0.3) is 0 Å². The molecule has 140 valence electrons. The molecule has 0 spiro atoms. The molecule has 7 nitrogen and oxygen atoms in total. The summed E-state index contributed by atoms with van der Waals surface area (Å²) < 4.78 is 7.44. The number of aryl methyl sites for hydroxylation is 1. The molecule has 0 saturated carbocycles. The first-order valence-corrected chi connectivity index (χ1v) is 9.48. The monoisotopic (exact) mass is 356 g/mol. The van der Waals surface area contributed by atoms with Gasteiger partial charge >= 0.3 is 0 Å². The van der Waals surface area contributed by atoms with Crippen LogP contribution in [0.5, 0.6) is 0 Å². The first-order valence-electron chi connectivity index (χ1n) is 9.48. The lowest BCUT2D eigenvalue weighted by Gasteiger charge is -2.22. The standard InChI is InChI=1S/C19H28N6O/c1-23-14-20-9-16(23)11-24-6-4-17-18(5-7-24)21-13-22-19(17)25-8-3-15(10-25)12-26-2/h9,13-15H,3-8,10-12H2,1-2H3. The number of fused-ring (bicyclic) bond motifs is 1. The molecule has 2 aliphatic heterocycles. The van der Waals surface area contributed by atoms with Gasteiger partial charge in [0.1, 0.15) is 12.1 Å². The summed E-state index contributed by atoms with van der Waals surface area (Å²) in [6, 6.07) is 0. The number of hydrogen-bond donors (Lipinski definition) is 0. The lowest BCUT2D eigenvalue weighted by molar-refractivity contribution is 0.161. The Morgan fingerprint density at radius 1 is 1.19 bits per heavy atom. The molecule has 1 unspecified atom stereocenters. The van der Waals surface area contributed by atoms with Crippen molar-refractivity contribution in [2.45, 2.75) is 25.8 Å². The van der Waals surface area contributed by atoms with Gasteiger partial charge < -0.3 is 14.2 Å². The number of hydrogen-bond acceptors (Lipinski definition) is 6. The second-order valence-corrected chi connectivity index (χ2v) is 7.45. The molecule has 0 amide bonds. The molecule has 26 heavy (non-hydrogen) atoms. The molecule has 0 bridgehead atoms. The molecule has 1 saturated heterocycles. The van der Waals surface area contributed by atoms with Gasteiger partial charge in [0.2, 0.25) is 0 Å². The SMILES string of the molecule is COCC1CCN(c2ncnc3c2CCN(Cc2cncn2C)CC3)C1. The van der Waals surface area contributed by atoms with E-state index in [1.165, 1.54) is 23.4 Å². The molecular formula is C19H28N6O. The second kappa shape index (κ2) is 7.72. The van der Waals surface area contributed by atoms with Crippen LogP contribution in [0.4, 0.5) is 5.82 Å². The van der Waals surface area contributed by atoms with Crippen LogP contribution in [0.3, 0.4) is 0 Å².